The molecular formula is C63H93N7O14. The molecule has 0 fully saturated rings. The van der Waals surface area contributed by atoms with Gasteiger partial charge in [0, 0.05) is 57.7 Å². The van der Waals surface area contributed by atoms with E-state index < -0.39 is 47.4 Å². The third kappa shape index (κ3) is 30.7. The Labute approximate surface area is 496 Å². The minimum Gasteiger partial charge on any atom is -0.496 e. The number of benzene rings is 4. The number of ether oxygens (including phenoxy) is 5. The lowest BCUT2D eigenvalue weighted by atomic mass is 9.94. The Balaban J connectivity index is 0.00000129. The number of likely N-dealkylation sites (N-methyl/N-ethyl adjacent to an activating group) is 1. The van der Waals surface area contributed by atoms with E-state index >= 15 is 0 Å². The van der Waals surface area contributed by atoms with Crippen molar-refractivity contribution in [3.63, 3.8) is 0 Å². The van der Waals surface area contributed by atoms with Gasteiger partial charge in [0.1, 0.15) is 35.2 Å². The zero-order valence-electron chi connectivity index (χ0n) is 51.5. The van der Waals surface area contributed by atoms with E-state index in [1.54, 1.807) is 54.6 Å². The number of hydrogen-bond acceptors (Lipinski definition) is 14. The molecule has 0 spiro atoms. The molecule has 0 aliphatic carbocycles. The standard InChI is InChI=1S/C25H31N3O7.C25H33N3O4.C9H19NO2.C3H6.CH4O/c1-14(29)27-20(25(32)35-6)12-16-7-9-21(33-4)18(11-16)19-13-17(8-10-22(19)34-5)23(24(26)31)28(3)15(2)30;1-2-3-4-6-9-19-12-14-21(15-13-19)24(30)28-22(25(31)27-16-23(26)29)18-32-17-20-10-7-5-8-11-20;1-5-6-7-10-8(11)12-9(2,3)4;1-3-2;1-2/h7-11,13,20,23H,12H2,1-6H3,(H2,26,31)(H,27,29);5,7-8,10-15,22H,2-4,6,9,16-18H2,1H3,(H2,26,29)(H,27,31)(H,28,30);5-7H2,1-4H3,(H,10,11);3H,1H2,2H3;2H,1H3. The van der Waals surface area contributed by atoms with Crippen LogP contribution in [-0.2, 0) is 62.4 Å². The fourth-order valence-electron chi connectivity index (χ4n) is 7.63. The minimum absolute atomic E-state index is 0.0409. The number of amides is 7. The Morgan fingerprint density at radius 3 is 1.80 bits per heavy atom. The molecule has 21 heteroatoms. The van der Waals surface area contributed by atoms with Crippen molar-refractivity contribution in [1.29, 1.82) is 0 Å². The van der Waals surface area contributed by atoms with Crippen LogP contribution in [0.1, 0.15) is 133 Å². The van der Waals surface area contributed by atoms with Crippen LogP contribution < -0.4 is 42.2 Å². The van der Waals surface area contributed by atoms with Gasteiger partial charge in [-0.3, -0.25) is 28.8 Å². The fraction of sp³-hybridized carbons (Fsp3) is 0.460. The van der Waals surface area contributed by atoms with Crippen molar-refractivity contribution in [3.8, 4) is 22.6 Å². The highest BCUT2D eigenvalue weighted by atomic mass is 16.6. The predicted molar refractivity (Wildman–Crippen MR) is 326 cm³/mol. The molecule has 4 rings (SSSR count). The highest BCUT2D eigenvalue weighted by Crippen LogP contribution is 2.39. The first-order valence-electron chi connectivity index (χ1n) is 27.7. The van der Waals surface area contributed by atoms with E-state index in [4.69, 9.17) is 40.3 Å². The van der Waals surface area contributed by atoms with Crippen LogP contribution in [0.2, 0.25) is 0 Å². The van der Waals surface area contributed by atoms with Gasteiger partial charge in [-0.05, 0) is 106 Å². The lowest BCUT2D eigenvalue weighted by Gasteiger charge is -2.26. The number of rotatable bonds is 27. The normalized spacial score (nSPS) is 11.3. The summed E-state index contributed by atoms with van der Waals surface area (Å²) in [4.78, 5) is 96.4. The summed E-state index contributed by atoms with van der Waals surface area (Å²) in [7, 11) is 6.77. The van der Waals surface area contributed by atoms with Gasteiger partial charge < -0.3 is 66.4 Å². The molecular weight excluding hydrogens is 1080 g/mol. The number of nitrogens with zero attached hydrogens (tertiary/aromatic N) is 1. The van der Waals surface area contributed by atoms with E-state index in [1.165, 1.54) is 72.0 Å². The molecule has 84 heavy (non-hydrogen) atoms. The van der Waals surface area contributed by atoms with Gasteiger partial charge in [-0.2, -0.15) is 0 Å². The molecule has 0 saturated heterocycles. The Morgan fingerprint density at radius 1 is 0.714 bits per heavy atom. The first-order chi connectivity index (χ1) is 39.9. The molecule has 4 aromatic rings. The number of carbonyl (C=O) groups is 8. The summed E-state index contributed by atoms with van der Waals surface area (Å²) in [5.74, 6) is -2.53. The molecule has 0 aliphatic rings. The Hall–Kier alpha value is -8.30. The van der Waals surface area contributed by atoms with Crippen LogP contribution in [-0.4, -0.2) is 130 Å². The number of alkyl carbamates (subject to hydrolysis) is 1. The van der Waals surface area contributed by atoms with Crippen LogP contribution in [0.4, 0.5) is 4.79 Å². The summed E-state index contributed by atoms with van der Waals surface area (Å²) >= 11 is 0. The molecule has 0 aliphatic heterocycles. The topological polar surface area (TPSA) is 306 Å². The second kappa shape index (κ2) is 42.5. The number of hydrogen-bond donors (Lipinski definition) is 7. The maximum Gasteiger partial charge on any atom is 0.407 e. The fourth-order valence-corrected chi connectivity index (χ4v) is 7.63. The highest BCUT2D eigenvalue weighted by Gasteiger charge is 2.28. The number of nitrogens with one attached hydrogen (secondary N) is 4. The van der Waals surface area contributed by atoms with E-state index in [0.717, 1.165) is 38.4 Å². The Kier molecular flexibility index (Phi) is 38.3. The smallest absolute Gasteiger partial charge is 0.407 e. The number of allylic oxidation sites excluding steroid dienone is 1. The second-order valence-electron chi connectivity index (χ2n) is 19.8. The number of unbranched alkanes of at least 4 members (excludes halogenated alkanes) is 4. The molecule has 0 radical (unpaired) electrons. The molecule has 4 aromatic carbocycles. The number of carbonyl (C=O) groups excluding carboxylic acids is 8. The van der Waals surface area contributed by atoms with Crippen molar-refractivity contribution < 1.29 is 67.1 Å². The van der Waals surface area contributed by atoms with Crippen LogP contribution >= 0.6 is 0 Å². The van der Waals surface area contributed by atoms with E-state index in [-0.39, 0.29) is 43.4 Å². The predicted octanol–water partition coefficient (Wildman–Crippen LogP) is 7.43. The van der Waals surface area contributed by atoms with Gasteiger partial charge in [-0.15, -0.1) is 6.58 Å². The van der Waals surface area contributed by atoms with Gasteiger partial charge in [0.2, 0.25) is 29.5 Å². The Bertz CT molecular complexity index is 2640. The summed E-state index contributed by atoms with van der Waals surface area (Å²) in [6, 6.07) is 24.4. The molecule has 3 atom stereocenters. The zero-order chi connectivity index (χ0) is 63.8. The lowest BCUT2D eigenvalue weighted by molar-refractivity contribution is -0.144. The maximum absolute atomic E-state index is 12.7. The van der Waals surface area contributed by atoms with Crippen molar-refractivity contribution in [2.24, 2.45) is 11.5 Å². The third-order valence-electron chi connectivity index (χ3n) is 11.7. The zero-order valence-corrected chi connectivity index (χ0v) is 51.5. The average molecular weight is 1170 g/mol. The van der Waals surface area contributed by atoms with Crippen LogP contribution in [0.15, 0.2) is 104 Å². The molecule has 7 amide bonds. The first kappa shape index (κ1) is 75.7. The number of aliphatic hydroxyl groups is 1. The highest BCUT2D eigenvalue weighted by molar-refractivity contribution is 5.98. The van der Waals surface area contributed by atoms with Gasteiger partial charge in [0.05, 0.1) is 41.1 Å². The van der Waals surface area contributed by atoms with Crippen LogP contribution in [0.25, 0.3) is 11.1 Å². The van der Waals surface area contributed by atoms with Gasteiger partial charge in [0.15, 0.2) is 0 Å². The summed E-state index contributed by atoms with van der Waals surface area (Å²) in [5, 5.41) is 17.4. The first-order valence-corrected chi connectivity index (χ1v) is 27.7. The molecule has 0 heterocycles. The number of aliphatic hydroxyl groups excluding tert-OH is 1. The SMILES string of the molecule is C=CC.CCCCCCc1ccc(C(=O)NC(COCc2ccccc2)C(=O)NCC(N)=O)cc1.CCCCNC(=O)OC(C)(C)C.CO.COC(=O)C(Cc1ccc(OC)c(-c2cc(C(C(N)=O)N(C)C(C)=O)ccc2OC)c1)NC(C)=O. The summed E-state index contributed by atoms with van der Waals surface area (Å²) in [6.07, 6.45) is 9.40. The largest absolute Gasteiger partial charge is 0.496 e. The number of aryl methyl sites for hydroxylation is 1. The van der Waals surface area contributed by atoms with Gasteiger partial charge >= 0.3 is 12.1 Å². The average Bonchev–Trinajstić information content (AvgIpc) is 3.55. The monoisotopic (exact) mass is 1170 g/mol. The van der Waals surface area contributed by atoms with Crippen LogP contribution in [0, 0.1) is 0 Å². The molecule has 3 unspecified atom stereocenters. The number of esters is 1. The van der Waals surface area contributed by atoms with Crippen molar-refractivity contribution in [1.82, 2.24) is 26.2 Å². The molecule has 0 saturated carbocycles. The number of primary amides is 2. The molecule has 0 aromatic heterocycles. The maximum atomic E-state index is 12.7. The quantitative estimate of drug-likeness (QED) is 0.0174. The summed E-state index contributed by atoms with van der Waals surface area (Å²) in [5.41, 5.74) is 15.3. The molecule has 9 N–H and O–H groups in total. The second-order valence-corrected chi connectivity index (χ2v) is 19.8. The Morgan fingerprint density at radius 2 is 1.29 bits per heavy atom. The van der Waals surface area contributed by atoms with E-state index in [1.807, 2.05) is 70.2 Å². The van der Waals surface area contributed by atoms with Crippen molar-refractivity contribution in [2.45, 2.75) is 137 Å². The van der Waals surface area contributed by atoms with Crippen molar-refractivity contribution in [2.75, 3.05) is 55.2 Å². The molecule has 0 bridgehead atoms. The number of nitrogens with two attached hydrogens (primary N) is 2. The van der Waals surface area contributed by atoms with Gasteiger partial charge in [-0.1, -0.05) is 100 Å². The van der Waals surface area contributed by atoms with Crippen molar-refractivity contribution >= 4 is 47.5 Å². The molecule has 21 nitrogen and oxygen atoms in total. The molecule has 464 valence electrons. The lowest BCUT2D eigenvalue weighted by Crippen LogP contribution is -2.50. The van der Waals surface area contributed by atoms with Gasteiger partial charge in [0.25, 0.3) is 5.91 Å². The third-order valence-corrected chi connectivity index (χ3v) is 11.7. The van der Waals surface area contributed by atoms with E-state index in [2.05, 4.69) is 41.7 Å². The van der Waals surface area contributed by atoms with E-state index in [9.17, 15) is 38.4 Å². The summed E-state index contributed by atoms with van der Waals surface area (Å²) < 4.78 is 26.6. The van der Waals surface area contributed by atoms with Gasteiger partial charge in [-0.25, -0.2) is 9.59 Å². The van der Waals surface area contributed by atoms with Crippen molar-refractivity contribution in [3.05, 3.63) is 131 Å². The summed E-state index contributed by atoms with van der Waals surface area (Å²) in [6.45, 7) is 18.4. The van der Waals surface area contributed by atoms with E-state index in [0.29, 0.717) is 52.5 Å². The minimum atomic E-state index is -0.991. The van der Waals surface area contributed by atoms with Crippen LogP contribution in [0.3, 0.4) is 0 Å². The van der Waals surface area contributed by atoms with Crippen LogP contribution in [0.5, 0.6) is 11.5 Å². The number of methoxy groups -OCH3 is 3.